The van der Waals surface area contributed by atoms with Crippen LogP contribution in [-0.2, 0) is 19.2 Å². The molecule has 0 rings (SSSR count). The average Bonchev–Trinajstić information content (AvgIpc) is 2.21. The summed E-state index contributed by atoms with van der Waals surface area (Å²) in [7, 11) is 0. The molecule has 0 bridgehead atoms. The zero-order valence-corrected chi connectivity index (χ0v) is 27.7. The molecule has 0 amide bonds. The number of carboxylic acids is 4. The van der Waals surface area contributed by atoms with Crippen molar-refractivity contribution in [3.05, 3.63) is 0 Å². The number of nitrogens with one attached hydrogen (secondary N) is 1. The van der Waals surface area contributed by atoms with Crippen LogP contribution >= 0.6 is 0 Å². The molecule has 0 saturated carbocycles. The van der Waals surface area contributed by atoms with Crippen LogP contribution in [0.5, 0.6) is 0 Å². The Morgan fingerprint density at radius 1 is 0.760 bits per heavy atom. The summed E-state index contributed by atoms with van der Waals surface area (Å²) in [5.41, 5.74) is 1.60. The van der Waals surface area contributed by atoms with Gasteiger partial charge in [-0.25, -0.2) is 0 Å². The molecule has 0 radical (unpaired) electrons. The van der Waals surface area contributed by atoms with E-state index in [0.717, 1.165) is 6.92 Å². The van der Waals surface area contributed by atoms with Gasteiger partial charge in [-0.15, -0.1) is 0 Å². The summed E-state index contributed by atoms with van der Waals surface area (Å²) in [5.74, 6) is -6.84. The minimum Gasteiger partial charge on any atom is -0.550 e. The predicted molar refractivity (Wildman–Crippen MR) is 57.2 cm³/mol. The van der Waals surface area contributed by atoms with E-state index in [4.69, 9.17) is 5.73 Å². The Morgan fingerprint density at radius 3 is 1.32 bits per heavy atom. The molecule has 1 unspecified atom stereocenters. The minimum atomic E-state index is -2.13. The van der Waals surface area contributed by atoms with Crippen molar-refractivity contribution >= 4 is 23.9 Å². The van der Waals surface area contributed by atoms with Gasteiger partial charge in [0.15, 0.2) is 0 Å². The first-order valence-corrected chi connectivity index (χ1v) is 5.75. The second-order valence-electron chi connectivity index (χ2n) is 4.87. The average molecular weight is 459 g/mol. The van der Waals surface area contributed by atoms with Crippen LogP contribution in [-0.4, -0.2) is 41.5 Å². The molecule has 0 aliphatic rings. The Hall–Kier alpha value is 4.35. The molecule has 0 aromatic carbocycles. The number of nitrogens with two attached hydrogens (primary N) is 1. The Kier molecular flexibility index (Phi) is 30.3. The summed E-state index contributed by atoms with van der Waals surface area (Å²) >= 11 is 0. The summed E-state index contributed by atoms with van der Waals surface area (Å²) in [6.45, 7) is 0.108. The normalized spacial score (nSPS) is 11.9. The van der Waals surface area contributed by atoms with Crippen molar-refractivity contribution in [2.45, 2.75) is 37.3 Å². The van der Waals surface area contributed by atoms with Gasteiger partial charge in [0, 0.05) is 54.8 Å². The van der Waals surface area contributed by atoms with E-state index >= 15 is 0 Å². The molecule has 0 aliphatic heterocycles. The molecule has 0 heterocycles. The third kappa shape index (κ3) is 16.7. The standard InChI is InChI=1S/C11H18N2O8.4K/c1-10(12,2-6(14)15)11(3-7(16)17,4-8(18)19)13-5-9(20)21;;;;/h13H,2-5,12H2,1H3,(H,14,15)(H,16,17)(H,18,19)(H,20,21);;;;/q;4*+1/p-4. The molecule has 3 N–H and O–H groups in total. The van der Waals surface area contributed by atoms with Gasteiger partial charge in [0.2, 0.25) is 0 Å². The number of rotatable bonds is 10. The summed E-state index contributed by atoms with van der Waals surface area (Å²) in [4.78, 5) is 42.9. The first kappa shape index (κ1) is 39.8. The van der Waals surface area contributed by atoms with Crippen LogP contribution in [0.3, 0.4) is 0 Å². The number of hydrogen-bond donors (Lipinski definition) is 2. The van der Waals surface area contributed by atoms with E-state index in [-0.39, 0.29) is 206 Å². The smallest absolute Gasteiger partial charge is 0.550 e. The molecule has 0 aromatic heterocycles. The first-order chi connectivity index (χ1) is 9.42. The zero-order chi connectivity index (χ0) is 16.8. The number of carbonyl (C=O) groups is 4. The van der Waals surface area contributed by atoms with Crippen molar-refractivity contribution in [2.24, 2.45) is 5.73 Å². The van der Waals surface area contributed by atoms with Crippen LogP contribution in [0.15, 0.2) is 0 Å². The summed E-state index contributed by atoms with van der Waals surface area (Å²) in [6, 6.07) is 0. The molecular weight excluding hydrogens is 445 g/mol. The Labute approximate surface area is 315 Å². The number of carbonyl (C=O) groups excluding carboxylic acids is 4. The summed E-state index contributed by atoms with van der Waals surface area (Å²) in [6.07, 6.45) is -3.02. The van der Waals surface area contributed by atoms with Crippen LogP contribution in [0.4, 0.5) is 0 Å². The molecule has 1 atom stereocenters. The number of aliphatic carboxylic acids is 4. The largest absolute Gasteiger partial charge is 1.00 e. The van der Waals surface area contributed by atoms with Crippen LogP contribution in [0.1, 0.15) is 26.2 Å². The summed E-state index contributed by atoms with van der Waals surface area (Å²) in [5, 5.41) is 45.0. The summed E-state index contributed by atoms with van der Waals surface area (Å²) < 4.78 is 0. The van der Waals surface area contributed by atoms with Gasteiger partial charge < -0.3 is 50.7 Å². The van der Waals surface area contributed by atoms with E-state index in [0.29, 0.717) is 0 Å². The second-order valence-corrected chi connectivity index (χ2v) is 4.87. The van der Waals surface area contributed by atoms with Crippen molar-refractivity contribution in [3.8, 4) is 0 Å². The predicted octanol–water partition coefficient (Wildman–Crippen LogP) is -18.8. The van der Waals surface area contributed by atoms with Crippen molar-refractivity contribution in [1.29, 1.82) is 0 Å². The van der Waals surface area contributed by atoms with E-state index < -0.39 is 60.8 Å². The van der Waals surface area contributed by atoms with E-state index in [1.807, 2.05) is 0 Å². The fourth-order valence-electron chi connectivity index (χ4n) is 2.00. The number of carboxylic acid groups (broad SMARTS) is 4. The van der Waals surface area contributed by atoms with E-state index in [1.165, 1.54) is 0 Å². The molecule has 0 fully saturated rings. The Bertz CT molecular complexity index is 445. The third-order valence-electron chi connectivity index (χ3n) is 3.07. The van der Waals surface area contributed by atoms with Gasteiger partial charge >= 0.3 is 206 Å². The van der Waals surface area contributed by atoms with E-state index in [1.54, 1.807) is 0 Å². The van der Waals surface area contributed by atoms with Gasteiger partial charge in [0.25, 0.3) is 0 Å². The van der Waals surface area contributed by atoms with Crippen molar-refractivity contribution in [2.75, 3.05) is 6.54 Å². The van der Waals surface area contributed by atoms with Crippen molar-refractivity contribution in [1.82, 2.24) is 5.32 Å². The molecule has 120 valence electrons. The first-order valence-electron chi connectivity index (χ1n) is 5.75. The molecule has 25 heavy (non-hydrogen) atoms. The minimum absolute atomic E-state index is 0. The van der Waals surface area contributed by atoms with Gasteiger partial charge in [-0.3, -0.25) is 0 Å². The maximum Gasteiger partial charge on any atom is 1.00 e. The van der Waals surface area contributed by atoms with Gasteiger partial charge in [0.1, 0.15) is 0 Å². The Morgan fingerprint density at radius 2 is 1.08 bits per heavy atom. The van der Waals surface area contributed by atoms with Crippen molar-refractivity contribution in [3.63, 3.8) is 0 Å². The molecule has 0 saturated heterocycles. The Balaban J connectivity index is -0.000000333. The van der Waals surface area contributed by atoms with Crippen molar-refractivity contribution < 1.29 is 245 Å². The monoisotopic (exact) mass is 458 g/mol. The SMILES string of the molecule is CC(N)(CC(=O)[O-])C(CC(=O)[O-])(CC(=O)[O-])NCC(=O)[O-].[K+].[K+].[K+].[K+]. The molecule has 14 heteroatoms. The fourth-order valence-corrected chi connectivity index (χ4v) is 2.00. The third-order valence-corrected chi connectivity index (χ3v) is 3.07. The fraction of sp³-hybridized carbons (Fsp3) is 0.636. The van der Waals surface area contributed by atoms with Gasteiger partial charge in [0.05, 0.1) is 5.97 Å². The van der Waals surface area contributed by atoms with Gasteiger partial charge in [-0.1, -0.05) is 0 Å². The van der Waals surface area contributed by atoms with Crippen LogP contribution in [0, 0.1) is 0 Å². The molecule has 0 aromatic rings. The van der Waals surface area contributed by atoms with E-state index in [2.05, 4.69) is 5.32 Å². The molecular formula is C11H14K4N2O8. The van der Waals surface area contributed by atoms with Crippen LogP contribution in [0.2, 0.25) is 0 Å². The van der Waals surface area contributed by atoms with Gasteiger partial charge in [-0.05, 0) is 6.92 Å². The quantitative estimate of drug-likeness (QED) is 0.296. The maximum absolute atomic E-state index is 10.8. The molecule has 10 nitrogen and oxygen atoms in total. The van der Waals surface area contributed by atoms with Gasteiger partial charge in [-0.2, -0.15) is 0 Å². The molecule has 0 aliphatic carbocycles. The number of hydrogen-bond acceptors (Lipinski definition) is 10. The van der Waals surface area contributed by atoms with Crippen LogP contribution in [0.25, 0.3) is 0 Å². The van der Waals surface area contributed by atoms with Crippen LogP contribution < -0.4 is 237 Å². The van der Waals surface area contributed by atoms with E-state index in [9.17, 15) is 39.6 Å². The maximum atomic E-state index is 10.8. The second kappa shape index (κ2) is 19.1. The zero-order valence-electron chi connectivity index (χ0n) is 15.2. The molecule has 0 spiro atoms. The topological polar surface area (TPSA) is 199 Å².